The zero-order chi connectivity index (χ0) is 13.9. The molecule has 0 N–H and O–H groups in total. The van der Waals surface area contributed by atoms with E-state index in [9.17, 15) is 0 Å². The van der Waals surface area contributed by atoms with E-state index in [0.29, 0.717) is 10.9 Å². The van der Waals surface area contributed by atoms with Gasteiger partial charge in [0.25, 0.3) is 0 Å². The second-order valence-corrected chi connectivity index (χ2v) is 5.83. The van der Waals surface area contributed by atoms with Gasteiger partial charge in [-0.1, -0.05) is 17.7 Å². The molecule has 2 aromatic carbocycles. The molecule has 1 aliphatic carbocycles. The lowest BCUT2D eigenvalue weighted by Gasteiger charge is -2.17. The number of hydrogen-bond donors (Lipinski definition) is 0. The summed E-state index contributed by atoms with van der Waals surface area (Å²) in [6.45, 7) is 0. The largest absolute Gasteiger partial charge is 0.457 e. The van der Waals surface area contributed by atoms with Crippen molar-refractivity contribution in [3.05, 3.63) is 58.1 Å². The van der Waals surface area contributed by atoms with Gasteiger partial charge in [-0.2, -0.15) is 0 Å². The van der Waals surface area contributed by atoms with Crippen molar-refractivity contribution in [2.45, 2.75) is 31.6 Å². The van der Waals surface area contributed by atoms with Crippen LogP contribution >= 0.6 is 23.2 Å². The van der Waals surface area contributed by atoms with Crippen LogP contribution in [0.1, 0.15) is 29.5 Å². The van der Waals surface area contributed by atoms with E-state index in [0.717, 1.165) is 23.5 Å². The fraction of sp³-hybridized carbons (Fsp3) is 0.294. The van der Waals surface area contributed by atoms with Crippen molar-refractivity contribution in [2.75, 3.05) is 0 Å². The van der Waals surface area contributed by atoms with E-state index < -0.39 is 0 Å². The van der Waals surface area contributed by atoms with E-state index in [4.69, 9.17) is 27.9 Å². The van der Waals surface area contributed by atoms with Crippen molar-refractivity contribution >= 4 is 23.2 Å². The SMILES string of the molecule is ClCc1cc(Cl)ccc1Oc1ccc2c(c1)CCCC2. The predicted molar refractivity (Wildman–Crippen MR) is 84.2 cm³/mol. The van der Waals surface area contributed by atoms with Crippen molar-refractivity contribution in [1.29, 1.82) is 0 Å². The van der Waals surface area contributed by atoms with Crippen molar-refractivity contribution in [2.24, 2.45) is 0 Å². The highest BCUT2D eigenvalue weighted by Crippen LogP contribution is 2.31. The molecule has 3 heteroatoms. The van der Waals surface area contributed by atoms with Crippen LogP contribution in [0.25, 0.3) is 0 Å². The summed E-state index contributed by atoms with van der Waals surface area (Å²) in [6.07, 6.45) is 4.89. The average molecular weight is 307 g/mol. The lowest BCUT2D eigenvalue weighted by atomic mass is 9.92. The Balaban J connectivity index is 1.87. The standard InChI is InChI=1S/C17H16Cl2O/c18-11-14-9-15(19)6-8-17(14)20-16-7-5-12-3-1-2-4-13(12)10-16/h5-10H,1-4,11H2. The van der Waals surface area contributed by atoms with Gasteiger partial charge in [-0.15, -0.1) is 11.6 Å². The molecule has 0 bridgehead atoms. The fourth-order valence-electron chi connectivity index (χ4n) is 2.65. The van der Waals surface area contributed by atoms with E-state index in [1.165, 1.54) is 30.4 Å². The van der Waals surface area contributed by atoms with Crippen LogP contribution in [0.15, 0.2) is 36.4 Å². The molecule has 0 radical (unpaired) electrons. The summed E-state index contributed by atoms with van der Waals surface area (Å²) in [5.41, 5.74) is 3.78. The van der Waals surface area contributed by atoms with Gasteiger partial charge in [0.15, 0.2) is 0 Å². The van der Waals surface area contributed by atoms with Gasteiger partial charge in [0.2, 0.25) is 0 Å². The van der Waals surface area contributed by atoms with E-state index in [1.54, 1.807) is 0 Å². The van der Waals surface area contributed by atoms with E-state index >= 15 is 0 Å². The summed E-state index contributed by atoms with van der Waals surface area (Å²) < 4.78 is 5.98. The molecule has 2 aromatic rings. The van der Waals surface area contributed by atoms with Gasteiger partial charge < -0.3 is 4.74 Å². The monoisotopic (exact) mass is 306 g/mol. The highest BCUT2D eigenvalue weighted by Gasteiger charge is 2.11. The first-order chi connectivity index (χ1) is 9.76. The lowest BCUT2D eigenvalue weighted by Crippen LogP contribution is -2.02. The molecule has 0 aliphatic heterocycles. The van der Waals surface area contributed by atoms with Crippen molar-refractivity contribution in [3.63, 3.8) is 0 Å². The van der Waals surface area contributed by atoms with Crippen molar-refractivity contribution in [3.8, 4) is 11.5 Å². The molecule has 1 nitrogen and oxygen atoms in total. The number of fused-ring (bicyclic) bond motifs is 1. The summed E-state index contributed by atoms with van der Waals surface area (Å²) in [4.78, 5) is 0. The molecule has 0 saturated heterocycles. The van der Waals surface area contributed by atoms with E-state index in [-0.39, 0.29) is 0 Å². The first-order valence-corrected chi connectivity index (χ1v) is 7.81. The molecule has 0 unspecified atom stereocenters. The number of benzene rings is 2. The topological polar surface area (TPSA) is 9.23 Å². The maximum atomic E-state index is 5.98. The maximum Gasteiger partial charge on any atom is 0.131 e. The normalized spacial score (nSPS) is 13.9. The minimum absolute atomic E-state index is 0.390. The zero-order valence-electron chi connectivity index (χ0n) is 11.2. The molecule has 0 spiro atoms. The number of alkyl halides is 1. The van der Waals surface area contributed by atoms with Gasteiger partial charge in [-0.25, -0.2) is 0 Å². The molecular formula is C17H16Cl2O. The number of ether oxygens (including phenoxy) is 1. The Morgan fingerprint density at radius 2 is 1.75 bits per heavy atom. The number of rotatable bonds is 3. The maximum absolute atomic E-state index is 5.98. The summed E-state index contributed by atoms with van der Waals surface area (Å²) in [5, 5.41) is 0.679. The Hall–Kier alpha value is -1.18. The third kappa shape index (κ3) is 2.94. The Labute approximate surface area is 129 Å². The summed E-state index contributed by atoms with van der Waals surface area (Å²) >= 11 is 11.9. The molecule has 0 heterocycles. The first-order valence-electron chi connectivity index (χ1n) is 6.90. The van der Waals surface area contributed by atoms with Gasteiger partial charge in [0, 0.05) is 10.6 Å². The number of aryl methyl sites for hydroxylation is 2. The summed E-state index contributed by atoms with van der Waals surface area (Å²) in [7, 11) is 0. The minimum Gasteiger partial charge on any atom is -0.457 e. The van der Waals surface area contributed by atoms with Crippen molar-refractivity contribution < 1.29 is 4.74 Å². The molecule has 0 saturated carbocycles. The molecule has 0 fully saturated rings. The molecule has 0 aromatic heterocycles. The second kappa shape index (κ2) is 6.07. The van der Waals surface area contributed by atoms with Crippen LogP contribution in [0.2, 0.25) is 5.02 Å². The van der Waals surface area contributed by atoms with Gasteiger partial charge in [0.05, 0.1) is 5.88 Å². The zero-order valence-corrected chi connectivity index (χ0v) is 12.7. The van der Waals surface area contributed by atoms with Gasteiger partial charge in [0.1, 0.15) is 11.5 Å². The quantitative estimate of drug-likeness (QED) is 0.656. The van der Waals surface area contributed by atoms with Gasteiger partial charge >= 0.3 is 0 Å². The molecule has 104 valence electrons. The molecular weight excluding hydrogens is 291 g/mol. The smallest absolute Gasteiger partial charge is 0.131 e. The second-order valence-electron chi connectivity index (χ2n) is 5.13. The van der Waals surface area contributed by atoms with Crippen LogP contribution in [-0.2, 0) is 18.7 Å². The molecule has 0 amide bonds. The van der Waals surface area contributed by atoms with Crippen LogP contribution < -0.4 is 4.74 Å². The number of halogens is 2. The molecule has 0 atom stereocenters. The van der Waals surface area contributed by atoms with Crippen molar-refractivity contribution in [1.82, 2.24) is 0 Å². The average Bonchev–Trinajstić information content (AvgIpc) is 2.49. The Bertz CT molecular complexity index is 622. The molecule has 1 aliphatic rings. The van der Waals surface area contributed by atoms with E-state index in [2.05, 4.69) is 12.1 Å². The van der Waals surface area contributed by atoms with Gasteiger partial charge in [-0.3, -0.25) is 0 Å². The first kappa shape index (κ1) is 13.8. The Kier molecular flexibility index (Phi) is 4.18. The fourth-order valence-corrected chi connectivity index (χ4v) is 3.06. The summed E-state index contributed by atoms with van der Waals surface area (Å²) in [6, 6.07) is 11.9. The van der Waals surface area contributed by atoms with Crippen LogP contribution in [0.4, 0.5) is 0 Å². The van der Waals surface area contributed by atoms with E-state index in [1.807, 2.05) is 24.3 Å². The Morgan fingerprint density at radius 3 is 2.55 bits per heavy atom. The highest BCUT2D eigenvalue weighted by molar-refractivity contribution is 6.30. The van der Waals surface area contributed by atoms with Crippen LogP contribution in [0, 0.1) is 0 Å². The lowest BCUT2D eigenvalue weighted by molar-refractivity contribution is 0.476. The third-order valence-corrected chi connectivity index (χ3v) is 4.24. The van der Waals surface area contributed by atoms with Crippen LogP contribution in [0.5, 0.6) is 11.5 Å². The third-order valence-electron chi connectivity index (χ3n) is 3.71. The minimum atomic E-state index is 0.390. The van der Waals surface area contributed by atoms with Crippen LogP contribution in [0.3, 0.4) is 0 Å². The molecule has 3 rings (SSSR count). The van der Waals surface area contributed by atoms with Crippen LogP contribution in [-0.4, -0.2) is 0 Å². The summed E-state index contributed by atoms with van der Waals surface area (Å²) in [5.74, 6) is 2.04. The molecule has 20 heavy (non-hydrogen) atoms. The highest BCUT2D eigenvalue weighted by atomic mass is 35.5. The predicted octanol–water partition coefficient (Wildman–Crippen LogP) is 5.75. The number of hydrogen-bond acceptors (Lipinski definition) is 1. The Morgan fingerprint density at radius 1 is 0.950 bits per heavy atom. The van der Waals surface area contributed by atoms with Gasteiger partial charge in [-0.05, 0) is 67.1 Å².